The molecule has 10 heavy (non-hydrogen) atoms. The minimum atomic E-state index is -5.00. The number of rotatable bonds is 1. The molecular weight excluding hydrogens is 151 g/mol. The van der Waals surface area contributed by atoms with Gasteiger partial charge in [-0.25, -0.2) is 0 Å². The third-order valence-electron chi connectivity index (χ3n) is 1.03. The highest BCUT2D eigenvalue weighted by Gasteiger charge is 2.54. The van der Waals surface area contributed by atoms with Gasteiger partial charge >= 0.3 is 6.18 Å². The second-order valence-electron chi connectivity index (χ2n) is 1.93. The normalized spacial score (nSPS) is 18.1. The van der Waals surface area contributed by atoms with E-state index >= 15 is 0 Å². The van der Waals surface area contributed by atoms with Crippen molar-refractivity contribution in [3.8, 4) is 0 Å². The molecule has 0 heterocycles. The molecule has 3 N–H and O–H groups in total. The molecule has 0 aliphatic carbocycles. The van der Waals surface area contributed by atoms with Crippen molar-refractivity contribution in [2.75, 3.05) is 0 Å². The van der Waals surface area contributed by atoms with Gasteiger partial charge in [-0.2, -0.15) is 13.2 Å². The first-order chi connectivity index (χ1) is 4.19. The number of halogens is 3. The smallest absolute Gasteiger partial charge is 0.373 e. The van der Waals surface area contributed by atoms with Crippen LogP contribution >= 0.6 is 0 Å². The van der Waals surface area contributed by atoms with E-state index in [1.165, 1.54) is 0 Å². The third-order valence-corrected chi connectivity index (χ3v) is 1.03. The fraction of sp³-hybridized carbons (Fsp3) is 0.750. The Labute approximate surface area is 54.6 Å². The Hall–Kier alpha value is -0.780. The van der Waals surface area contributed by atoms with E-state index in [0.717, 1.165) is 0 Å². The average Bonchev–Trinajstić information content (AvgIpc) is 1.62. The van der Waals surface area contributed by atoms with Crippen molar-refractivity contribution >= 4 is 5.91 Å². The largest absolute Gasteiger partial charge is 0.426 e. The van der Waals surface area contributed by atoms with E-state index in [0.29, 0.717) is 6.92 Å². The van der Waals surface area contributed by atoms with Gasteiger partial charge in [0.2, 0.25) is 5.60 Å². The third kappa shape index (κ3) is 1.38. The van der Waals surface area contributed by atoms with Gasteiger partial charge in [0.25, 0.3) is 5.91 Å². The number of hydrogen-bond donors (Lipinski definition) is 2. The Balaban J connectivity index is 4.57. The molecule has 3 nitrogen and oxygen atoms in total. The number of carbonyl (C=O) groups excluding carboxylic acids is 1. The van der Waals surface area contributed by atoms with Gasteiger partial charge in [0.05, 0.1) is 0 Å². The quantitative estimate of drug-likeness (QED) is 0.552. The van der Waals surface area contributed by atoms with Gasteiger partial charge in [-0.1, -0.05) is 0 Å². The predicted molar refractivity (Wildman–Crippen MR) is 25.9 cm³/mol. The molecule has 0 saturated carbocycles. The predicted octanol–water partition coefficient (Wildman–Crippen LogP) is -0.215. The SMILES string of the molecule is CC(O)(C(N)=O)C(F)(F)F. The van der Waals surface area contributed by atoms with Crippen LogP contribution in [-0.2, 0) is 4.79 Å². The molecule has 0 aromatic heterocycles. The number of alkyl halides is 3. The van der Waals surface area contributed by atoms with E-state index in [-0.39, 0.29) is 0 Å². The number of primary amides is 1. The summed E-state index contributed by atoms with van der Waals surface area (Å²) in [7, 11) is 0. The summed E-state index contributed by atoms with van der Waals surface area (Å²) in [5.74, 6) is -1.81. The summed E-state index contributed by atoms with van der Waals surface area (Å²) in [6.07, 6.45) is -5.00. The lowest BCUT2D eigenvalue weighted by molar-refractivity contribution is -0.243. The van der Waals surface area contributed by atoms with E-state index in [4.69, 9.17) is 5.11 Å². The zero-order valence-corrected chi connectivity index (χ0v) is 5.07. The van der Waals surface area contributed by atoms with Crippen LogP contribution in [0.1, 0.15) is 6.92 Å². The van der Waals surface area contributed by atoms with Gasteiger partial charge < -0.3 is 10.8 Å². The molecule has 0 radical (unpaired) electrons. The monoisotopic (exact) mass is 157 g/mol. The number of aliphatic hydroxyl groups is 1. The van der Waals surface area contributed by atoms with Crippen LogP contribution in [0.15, 0.2) is 0 Å². The van der Waals surface area contributed by atoms with Crippen LogP contribution in [-0.4, -0.2) is 22.8 Å². The van der Waals surface area contributed by atoms with Crippen LogP contribution in [0.2, 0.25) is 0 Å². The minimum absolute atomic E-state index is 0.301. The molecule has 0 aromatic rings. The summed E-state index contributed by atoms with van der Waals surface area (Å²) in [5.41, 5.74) is 0.824. The molecule has 1 unspecified atom stereocenters. The van der Waals surface area contributed by atoms with Gasteiger partial charge in [-0.15, -0.1) is 0 Å². The standard InChI is InChI=1S/C4H6F3NO2/c1-3(10,2(8)9)4(5,6)7/h10H,1H3,(H2,8,9). The summed E-state index contributed by atoms with van der Waals surface area (Å²) in [6.45, 7) is 0.301. The van der Waals surface area contributed by atoms with Gasteiger partial charge in [0, 0.05) is 0 Å². The maximum atomic E-state index is 11.5. The Morgan fingerprint density at radius 3 is 1.80 bits per heavy atom. The summed E-state index contributed by atoms with van der Waals surface area (Å²) in [4.78, 5) is 9.92. The zero-order valence-electron chi connectivity index (χ0n) is 5.07. The Kier molecular flexibility index (Phi) is 1.95. The molecular formula is C4H6F3NO2. The minimum Gasteiger partial charge on any atom is -0.373 e. The van der Waals surface area contributed by atoms with Crippen LogP contribution in [0.25, 0.3) is 0 Å². The molecule has 0 aliphatic rings. The van der Waals surface area contributed by atoms with Gasteiger partial charge in [0.15, 0.2) is 0 Å². The molecule has 0 aliphatic heterocycles. The lowest BCUT2D eigenvalue weighted by Gasteiger charge is -2.21. The van der Waals surface area contributed by atoms with Gasteiger partial charge in [-0.05, 0) is 6.92 Å². The number of amides is 1. The molecule has 0 fully saturated rings. The molecule has 0 saturated heterocycles. The van der Waals surface area contributed by atoms with E-state index in [1.54, 1.807) is 0 Å². The van der Waals surface area contributed by atoms with Crippen LogP contribution < -0.4 is 5.73 Å². The molecule has 0 bridgehead atoms. The summed E-state index contributed by atoms with van der Waals surface area (Å²) in [5, 5.41) is 8.33. The van der Waals surface area contributed by atoms with Crippen molar-refractivity contribution in [3.05, 3.63) is 0 Å². The topological polar surface area (TPSA) is 63.3 Å². The Morgan fingerprint density at radius 1 is 1.50 bits per heavy atom. The first kappa shape index (κ1) is 9.22. The number of hydrogen-bond acceptors (Lipinski definition) is 2. The second kappa shape index (κ2) is 2.12. The van der Waals surface area contributed by atoms with Crippen molar-refractivity contribution < 1.29 is 23.1 Å². The van der Waals surface area contributed by atoms with Crippen molar-refractivity contribution in [1.29, 1.82) is 0 Å². The van der Waals surface area contributed by atoms with Crippen molar-refractivity contribution in [1.82, 2.24) is 0 Å². The summed E-state index contributed by atoms with van der Waals surface area (Å²) >= 11 is 0. The lowest BCUT2D eigenvalue weighted by Crippen LogP contribution is -2.52. The van der Waals surface area contributed by atoms with Crippen LogP contribution in [0.4, 0.5) is 13.2 Å². The first-order valence-corrected chi connectivity index (χ1v) is 2.28. The molecule has 60 valence electrons. The average molecular weight is 157 g/mol. The molecule has 6 heteroatoms. The van der Waals surface area contributed by atoms with Gasteiger partial charge in [0.1, 0.15) is 0 Å². The molecule has 0 aromatic carbocycles. The van der Waals surface area contributed by atoms with Crippen LogP contribution in [0.5, 0.6) is 0 Å². The molecule has 0 rings (SSSR count). The maximum absolute atomic E-state index is 11.5. The number of nitrogens with two attached hydrogens (primary N) is 1. The highest BCUT2D eigenvalue weighted by molar-refractivity contribution is 5.83. The Bertz CT molecular complexity index is 151. The zero-order chi connectivity index (χ0) is 8.58. The van der Waals surface area contributed by atoms with Crippen molar-refractivity contribution in [2.45, 2.75) is 18.7 Å². The Morgan fingerprint density at radius 2 is 1.80 bits per heavy atom. The highest BCUT2D eigenvalue weighted by Crippen LogP contribution is 2.29. The first-order valence-electron chi connectivity index (χ1n) is 2.28. The van der Waals surface area contributed by atoms with Crippen LogP contribution in [0, 0.1) is 0 Å². The van der Waals surface area contributed by atoms with Crippen molar-refractivity contribution in [3.63, 3.8) is 0 Å². The fourth-order valence-electron chi connectivity index (χ4n) is 0.140. The van der Waals surface area contributed by atoms with E-state index < -0.39 is 17.7 Å². The second-order valence-corrected chi connectivity index (χ2v) is 1.93. The number of carbonyl (C=O) groups is 1. The van der Waals surface area contributed by atoms with Crippen LogP contribution in [0.3, 0.4) is 0 Å². The fourth-order valence-corrected chi connectivity index (χ4v) is 0.140. The molecule has 0 spiro atoms. The molecule has 1 atom stereocenters. The van der Waals surface area contributed by atoms with E-state index in [2.05, 4.69) is 5.73 Å². The van der Waals surface area contributed by atoms with Crippen molar-refractivity contribution in [2.24, 2.45) is 5.73 Å². The maximum Gasteiger partial charge on any atom is 0.426 e. The highest BCUT2D eigenvalue weighted by atomic mass is 19.4. The summed E-state index contributed by atoms with van der Waals surface area (Å²) < 4.78 is 34.6. The summed E-state index contributed by atoms with van der Waals surface area (Å²) in [6, 6.07) is 0. The van der Waals surface area contributed by atoms with Gasteiger partial charge in [-0.3, -0.25) is 4.79 Å². The van der Waals surface area contributed by atoms with E-state index in [1.807, 2.05) is 0 Å². The van der Waals surface area contributed by atoms with E-state index in [9.17, 15) is 18.0 Å². The lowest BCUT2D eigenvalue weighted by atomic mass is 10.1. The molecule has 1 amide bonds.